The standard InChI is InChI=1S/C18H19N3O/c1-12-8-13(2)10-15(9-12)20-18(22)14(3)21-11-19-16-6-4-5-7-17(16)21/h4-11,14H,1-3H3,(H,20,22). The average Bonchev–Trinajstić information content (AvgIpc) is 2.89. The van der Waals surface area contributed by atoms with Crippen molar-refractivity contribution in [3.8, 4) is 0 Å². The van der Waals surface area contributed by atoms with Crippen LogP contribution in [0, 0.1) is 13.8 Å². The van der Waals surface area contributed by atoms with E-state index < -0.39 is 0 Å². The highest BCUT2D eigenvalue weighted by Gasteiger charge is 2.17. The lowest BCUT2D eigenvalue weighted by atomic mass is 10.1. The highest BCUT2D eigenvalue weighted by Crippen LogP contribution is 2.20. The molecule has 1 atom stereocenters. The van der Waals surface area contributed by atoms with Crippen molar-refractivity contribution in [1.29, 1.82) is 0 Å². The first-order valence-electron chi connectivity index (χ1n) is 7.35. The van der Waals surface area contributed by atoms with Gasteiger partial charge >= 0.3 is 0 Å². The number of amides is 1. The van der Waals surface area contributed by atoms with Crippen molar-refractivity contribution in [2.45, 2.75) is 26.8 Å². The van der Waals surface area contributed by atoms with Gasteiger partial charge in [0.2, 0.25) is 5.91 Å². The molecule has 2 aromatic carbocycles. The van der Waals surface area contributed by atoms with Gasteiger partial charge in [0.05, 0.1) is 17.4 Å². The molecule has 0 spiro atoms. The zero-order chi connectivity index (χ0) is 15.7. The normalized spacial score (nSPS) is 12.3. The minimum absolute atomic E-state index is 0.0480. The average molecular weight is 293 g/mol. The van der Waals surface area contributed by atoms with Crippen LogP contribution in [0.15, 0.2) is 48.8 Å². The highest BCUT2D eigenvalue weighted by molar-refractivity contribution is 5.94. The summed E-state index contributed by atoms with van der Waals surface area (Å²) in [5, 5.41) is 2.99. The molecule has 3 aromatic rings. The molecule has 0 saturated heterocycles. The summed E-state index contributed by atoms with van der Waals surface area (Å²) >= 11 is 0. The van der Waals surface area contributed by atoms with Crippen molar-refractivity contribution in [3.63, 3.8) is 0 Å². The van der Waals surface area contributed by atoms with Crippen LogP contribution in [-0.2, 0) is 4.79 Å². The van der Waals surface area contributed by atoms with Crippen LogP contribution >= 0.6 is 0 Å². The molecule has 0 saturated carbocycles. The van der Waals surface area contributed by atoms with E-state index in [1.807, 2.05) is 61.7 Å². The molecule has 1 amide bonds. The highest BCUT2D eigenvalue weighted by atomic mass is 16.2. The minimum atomic E-state index is -0.326. The van der Waals surface area contributed by atoms with Crippen LogP contribution in [-0.4, -0.2) is 15.5 Å². The van der Waals surface area contributed by atoms with E-state index in [-0.39, 0.29) is 11.9 Å². The summed E-state index contributed by atoms with van der Waals surface area (Å²) in [5.41, 5.74) is 4.96. The van der Waals surface area contributed by atoms with E-state index in [4.69, 9.17) is 0 Å². The first-order valence-corrected chi connectivity index (χ1v) is 7.35. The SMILES string of the molecule is Cc1cc(C)cc(NC(=O)C(C)n2cnc3ccccc32)c1. The fourth-order valence-electron chi connectivity index (χ4n) is 2.71. The Morgan fingerprint density at radius 3 is 2.55 bits per heavy atom. The number of carbonyl (C=O) groups is 1. The molecule has 3 rings (SSSR count). The summed E-state index contributed by atoms with van der Waals surface area (Å²) in [6.07, 6.45) is 1.72. The molecular formula is C18H19N3O. The number of aryl methyl sites for hydroxylation is 2. The van der Waals surface area contributed by atoms with Gasteiger partial charge in [-0.2, -0.15) is 0 Å². The number of nitrogens with one attached hydrogen (secondary N) is 1. The number of fused-ring (bicyclic) bond motifs is 1. The smallest absolute Gasteiger partial charge is 0.247 e. The van der Waals surface area contributed by atoms with E-state index in [1.165, 1.54) is 0 Å². The van der Waals surface area contributed by atoms with Crippen molar-refractivity contribution < 1.29 is 4.79 Å². The van der Waals surface area contributed by atoms with Crippen molar-refractivity contribution in [2.75, 3.05) is 5.32 Å². The van der Waals surface area contributed by atoms with Crippen molar-refractivity contribution in [2.24, 2.45) is 0 Å². The lowest BCUT2D eigenvalue weighted by molar-refractivity contribution is -0.118. The molecule has 0 aliphatic carbocycles. The summed E-state index contributed by atoms with van der Waals surface area (Å²) in [7, 11) is 0. The molecule has 1 aromatic heterocycles. The van der Waals surface area contributed by atoms with E-state index in [0.29, 0.717) is 0 Å². The Morgan fingerprint density at radius 1 is 1.14 bits per heavy atom. The van der Waals surface area contributed by atoms with E-state index in [2.05, 4.69) is 16.4 Å². The second-order valence-corrected chi connectivity index (χ2v) is 5.68. The first-order chi connectivity index (χ1) is 10.5. The Bertz CT molecular complexity index is 815. The molecular weight excluding hydrogens is 274 g/mol. The molecule has 4 heteroatoms. The Kier molecular flexibility index (Phi) is 3.67. The monoisotopic (exact) mass is 293 g/mol. The minimum Gasteiger partial charge on any atom is -0.324 e. The number of hydrogen-bond donors (Lipinski definition) is 1. The van der Waals surface area contributed by atoms with Crippen LogP contribution in [0.2, 0.25) is 0 Å². The lowest BCUT2D eigenvalue weighted by Gasteiger charge is -2.15. The topological polar surface area (TPSA) is 46.9 Å². The van der Waals surface area contributed by atoms with Gasteiger partial charge in [-0.25, -0.2) is 4.98 Å². The number of carbonyl (C=O) groups excluding carboxylic acids is 1. The second-order valence-electron chi connectivity index (χ2n) is 5.68. The quantitative estimate of drug-likeness (QED) is 0.797. The summed E-state index contributed by atoms with van der Waals surface area (Å²) in [6, 6.07) is 13.5. The van der Waals surface area contributed by atoms with Crippen LogP contribution in [0.25, 0.3) is 11.0 Å². The molecule has 4 nitrogen and oxygen atoms in total. The van der Waals surface area contributed by atoms with Gasteiger partial charge in [-0.05, 0) is 56.2 Å². The zero-order valence-corrected chi connectivity index (χ0v) is 13.0. The van der Waals surface area contributed by atoms with E-state index in [0.717, 1.165) is 27.8 Å². The van der Waals surface area contributed by atoms with Gasteiger partial charge in [-0.1, -0.05) is 18.2 Å². The van der Waals surface area contributed by atoms with Crippen LogP contribution in [0.5, 0.6) is 0 Å². The Morgan fingerprint density at radius 2 is 1.82 bits per heavy atom. The number of aromatic nitrogens is 2. The second kappa shape index (κ2) is 5.64. The van der Waals surface area contributed by atoms with E-state index in [1.54, 1.807) is 6.33 Å². The third-order valence-corrected chi connectivity index (χ3v) is 3.77. The number of rotatable bonds is 3. The summed E-state index contributed by atoms with van der Waals surface area (Å²) in [4.78, 5) is 16.9. The molecule has 0 bridgehead atoms. The van der Waals surface area contributed by atoms with Crippen LogP contribution in [0.3, 0.4) is 0 Å². The van der Waals surface area contributed by atoms with Crippen molar-refractivity contribution in [1.82, 2.24) is 9.55 Å². The number of imidazole rings is 1. The van der Waals surface area contributed by atoms with Gasteiger partial charge in [-0.3, -0.25) is 4.79 Å². The van der Waals surface area contributed by atoms with Crippen molar-refractivity contribution in [3.05, 3.63) is 59.9 Å². The molecule has 0 aliphatic heterocycles. The largest absolute Gasteiger partial charge is 0.324 e. The third-order valence-electron chi connectivity index (χ3n) is 3.77. The zero-order valence-electron chi connectivity index (χ0n) is 13.0. The maximum atomic E-state index is 12.5. The van der Waals surface area contributed by atoms with E-state index in [9.17, 15) is 4.79 Å². The van der Waals surface area contributed by atoms with Gasteiger partial charge in [0.25, 0.3) is 0 Å². The third kappa shape index (κ3) is 2.72. The van der Waals surface area contributed by atoms with Gasteiger partial charge in [0.1, 0.15) is 6.04 Å². The van der Waals surface area contributed by atoms with Gasteiger partial charge in [-0.15, -0.1) is 0 Å². The predicted molar refractivity (Wildman–Crippen MR) is 89.0 cm³/mol. The number of anilines is 1. The van der Waals surface area contributed by atoms with Gasteiger partial charge in [0.15, 0.2) is 0 Å². The molecule has 1 unspecified atom stereocenters. The van der Waals surface area contributed by atoms with Gasteiger partial charge < -0.3 is 9.88 Å². The van der Waals surface area contributed by atoms with Crippen molar-refractivity contribution >= 4 is 22.6 Å². The van der Waals surface area contributed by atoms with Crippen LogP contribution < -0.4 is 5.32 Å². The maximum absolute atomic E-state index is 12.5. The molecule has 1 N–H and O–H groups in total. The van der Waals surface area contributed by atoms with Gasteiger partial charge in [0, 0.05) is 5.69 Å². The maximum Gasteiger partial charge on any atom is 0.247 e. The fraction of sp³-hybridized carbons (Fsp3) is 0.222. The predicted octanol–water partition coefficient (Wildman–Crippen LogP) is 3.85. The molecule has 22 heavy (non-hydrogen) atoms. The van der Waals surface area contributed by atoms with Crippen LogP contribution in [0.1, 0.15) is 24.1 Å². The molecule has 0 aliphatic rings. The number of hydrogen-bond acceptors (Lipinski definition) is 2. The summed E-state index contributed by atoms with van der Waals surface area (Å²) < 4.78 is 1.90. The lowest BCUT2D eigenvalue weighted by Crippen LogP contribution is -2.23. The number of para-hydroxylation sites is 2. The Labute approximate surface area is 129 Å². The molecule has 0 fully saturated rings. The Balaban J connectivity index is 1.85. The molecule has 1 heterocycles. The molecule has 0 radical (unpaired) electrons. The Hall–Kier alpha value is -2.62. The summed E-state index contributed by atoms with van der Waals surface area (Å²) in [6.45, 7) is 5.93. The van der Waals surface area contributed by atoms with E-state index >= 15 is 0 Å². The number of nitrogens with zero attached hydrogens (tertiary/aromatic N) is 2. The fourth-order valence-corrected chi connectivity index (χ4v) is 2.71. The molecule has 112 valence electrons. The summed E-state index contributed by atoms with van der Waals surface area (Å²) in [5.74, 6) is -0.0480. The first kappa shape index (κ1) is 14.3. The number of benzene rings is 2. The van der Waals surface area contributed by atoms with Crippen LogP contribution in [0.4, 0.5) is 5.69 Å².